The summed E-state index contributed by atoms with van der Waals surface area (Å²) in [6, 6.07) is 7.68. The van der Waals surface area contributed by atoms with Gasteiger partial charge in [-0.3, -0.25) is 9.59 Å². The van der Waals surface area contributed by atoms with Crippen LogP contribution in [0, 0.1) is 0 Å². The topological polar surface area (TPSA) is 60.9 Å². The number of halogens is 1. The van der Waals surface area contributed by atoms with E-state index in [4.69, 9.17) is 11.6 Å². The number of carbonyl (C=O) groups is 2. The Labute approximate surface area is 141 Å². The molecule has 1 unspecified atom stereocenters. The molecule has 1 saturated heterocycles. The van der Waals surface area contributed by atoms with Gasteiger partial charge in [-0.15, -0.1) is 0 Å². The molecule has 1 aromatic carbocycles. The number of carbonyl (C=O) groups excluding carboxylic acids is 2. The largest absolute Gasteiger partial charge is 0.384 e. The highest BCUT2D eigenvalue weighted by atomic mass is 35.5. The molecule has 1 N–H and O–H groups in total. The first kappa shape index (κ1) is 17.8. The molecule has 5 nitrogen and oxygen atoms in total. The highest BCUT2D eigenvalue weighted by molar-refractivity contribution is 6.30. The van der Waals surface area contributed by atoms with Crippen LogP contribution in [0.3, 0.4) is 0 Å². The van der Waals surface area contributed by atoms with Crippen molar-refractivity contribution in [1.29, 1.82) is 0 Å². The molecule has 1 atom stereocenters. The summed E-state index contributed by atoms with van der Waals surface area (Å²) in [5, 5.41) is 10.0. The van der Waals surface area contributed by atoms with Gasteiger partial charge in [0.05, 0.1) is 0 Å². The normalized spacial score (nSPS) is 16.3. The maximum Gasteiger partial charge on any atom is 0.251 e. The van der Waals surface area contributed by atoms with E-state index in [1.165, 1.54) is 12.5 Å². The molecule has 1 aliphatic heterocycles. The minimum absolute atomic E-state index is 0.128. The molecule has 0 radical (unpaired) electrons. The zero-order valence-corrected chi connectivity index (χ0v) is 14.1. The van der Waals surface area contributed by atoms with Gasteiger partial charge in [0, 0.05) is 37.6 Å². The molecule has 1 fully saturated rings. The van der Waals surface area contributed by atoms with Gasteiger partial charge >= 0.3 is 0 Å². The summed E-state index contributed by atoms with van der Waals surface area (Å²) in [6.07, 6.45) is 1.18. The van der Waals surface area contributed by atoms with Gasteiger partial charge in [0.1, 0.15) is 6.10 Å². The van der Waals surface area contributed by atoms with Crippen molar-refractivity contribution in [3.8, 4) is 0 Å². The fraction of sp³-hybridized carbons (Fsp3) is 0.529. The summed E-state index contributed by atoms with van der Waals surface area (Å²) >= 11 is 5.85. The standard InChI is InChI=1S/C17H23ClN2O3/c1-13(21)17(23)20-11-9-19(10-12-20)16(22)4-2-3-14-5-7-15(18)8-6-14/h5-8,13,21H,2-4,9-12H2,1H3. The van der Waals surface area contributed by atoms with Crippen molar-refractivity contribution >= 4 is 23.4 Å². The van der Waals surface area contributed by atoms with Crippen molar-refractivity contribution in [1.82, 2.24) is 9.80 Å². The summed E-state index contributed by atoms with van der Waals surface area (Å²) < 4.78 is 0. The van der Waals surface area contributed by atoms with Crippen LogP contribution in [0.1, 0.15) is 25.3 Å². The summed E-state index contributed by atoms with van der Waals surface area (Å²) in [7, 11) is 0. The third-order valence-electron chi connectivity index (χ3n) is 4.07. The number of hydrogen-bond donors (Lipinski definition) is 1. The van der Waals surface area contributed by atoms with E-state index in [1.807, 2.05) is 24.3 Å². The number of piperazine rings is 1. The number of benzene rings is 1. The molecule has 1 aliphatic rings. The van der Waals surface area contributed by atoms with E-state index in [1.54, 1.807) is 9.80 Å². The number of aliphatic hydroxyl groups excluding tert-OH is 1. The van der Waals surface area contributed by atoms with Crippen molar-refractivity contribution in [2.75, 3.05) is 26.2 Å². The summed E-state index contributed by atoms with van der Waals surface area (Å²) in [4.78, 5) is 27.3. The average Bonchev–Trinajstić information content (AvgIpc) is 2.56. The molecule has 23 heavy (non-hydrogen) atoms. The first-order chi connectivity index (χ1) is 11.0. The van der Waals surface area contributed by atoms with Crippen LogP contribution in [0.2, 0.25) is 5.02 Å². The predicted octanol–water partition coefficient (Wildman–Crippen LogP) is 1.71. The molecular weight excluding hydrogens is 316 g/mol. The van der Waals surface area contributed by atoms with E-state index in [-0.39, 0.29) is 11.8 Å². The molecule has 1 aromatic rings. The number of nitrogens with zero attached hydrogens (tertiary/aromatic N) is 2. The molecule has 2 rings (SSSR count). The van der Waals surface area contributed by atoms with E-state index in [9.17, 15) is 14.7 Å². The van der Waals surface area contributed by atoms with Crippen LogP contribution < -0.4 is 0 Å². The van der Waals surface area contributed by atoms with Gasteiger partial charge in [-0.1, -0.05) is 23.7 Å². The van der Waals surface area contributed by atoms with Crippen molar-refractivity contribution in [3.05, 3.63) is 34.9 Å². The minimum Gasteiger partial charge on any atom is -0.384 e. The van der Waals surface area contributed by atoms with E-state index in [0.29, 0.717) is 32.6 Å². The molecule has 2 amide bonds. The maximum absolute atomic E-state index is 12.2. The zero-order chi connectivity index (χ0) is 16.8. The SMILES string of the molecule is CC(O)C(=O)N1CCN(C(=O)CCCc2ccc(Cl)cc2)CC1. The van der Waals surface area contributed by atoms with Gasteiger partial charge < -0.3 is 14.9 Å². The predicted molar refractivity (Wildman–Crippen MR) is 89.2 cm³/mol. The van der Waals surface area contributed by atoms with E-state index in [2.05, 4.69) is 0 Å². The van der Waals surface area contributed by atoms with Crippen molar-refractivity contribution in [2.45, 2.75) is 32.3 Å². The first-order valence-electron chi connectivity index (χ1n) is 7.96. The second kappa shape index (κ2) is 8.31. The highest BCUT2D eigenvalue weighted by Gasteiger charge is 2.25. The number of hydrogen-bond acceptors (Lipinski definition) is 3. The van der Waals surface area contributed by atoms with Crippen LogP contribution in [0.15, 0.2) is 24.3 Å². The number of aryl methyl sites for hydroxylation is 1. The Bertz CT molecular complexity index is 537. The van der Waals surface area contributed by atoms with Crippen LogP contribution in [0.5, 0.6) is 0 Å². The molecule has 126 valence electrons. The molecule has 0 saturated carbocycles. The second-order valence-corrected chi connectivity index (χ2v) is 6.30. The van der Waals surface area contributed by atoms with Gasteiger partial charge in [0.2, 0.25) is 5.91 Å². The molecule has 0 spiro atoms. The third-order valence-corrected chi connectivity index (χ3v) is 4.32. The minimum atomic E-state index is -0.975. The van der Waals surface area contributed by atoms with Gasteiger partial charge in [-0.25, -0.2) is 0 Å². The summed E-state index contributed by atoms with van der Waals surface area (Å²) in [6.45, 7) is 3.53. The molecule has 0 bridgehead atoms. The average molecular weight is 339 g/mol. The molecular formula is C17H23ClN2O3. The van der Waals surface area contributed by atoms with E-state index >= 15 is 0 Å². The summed E-state index contributed by atoms with van der Waals surface area (Å²) in [5.74, 6) is -0.136. The molecule has 1 heterocycles. The Morgan fingerprint density at radius 3 is 2.26 bits per heavy atom. The smallest absolute Gasteiger partial charge is 0.251 e. The number of rotatable bonds is 5. The second-order valence-electron chi connectivity index (χ2n) is 5.86. The monoisotopic (exact) mass is 338 g/mol. The lowest BCUT2D eigenvalue weighted by Crippen LogP contribution is -2.52. The quantitative estimate of drug-likeness (QED) is 0.889. The Morgan fingerprint density at radius 1 is 1.13 bits per heavy atom. The van der Waals surface area contributed by atoms with Gasteiger partial charge in [0.15, 0.2) is 0 Å². The van der Waals surface area contributed by atoms with Crippen LogP contribution in [0.4, 0.5) is 0 Å². The summed E-state index contributed by atoms with van der Waals surface area (Å²) in [5.41, 5.74) is 1.18. The zero-order valence-electron chi connectivity index (χ0n) is 13.4. The van der Waals surface area contributed by atoms with Crippen LogP contribution in [-0.4, -0.2) is 59.0 Å². The van der Waals surface area contributed by atoms with Crippen molar-refractivity contribution in [2.24, 2.45) is 0 Å². The molecule has 0 aromatic heterocycles. The lowest BCUT2D eigenvalue weighted by Gasteiger charge is -2.35. The molecule has 6 heteroatoms. The first-order valence-corrected chi connectivity index (χ1v) is 8.34. The van der Waals surface area contributed by atoms with Crippen molar-refractivity contribution < 1.29 is 14.7 Å². The van der Waals surface area contributed by atoms with Crippen LogP contribution in [0.25, 0.3) is 0 Å². The maximum atomic E-state index is 12.2. The fourth-order valence-corrected chi connectivity index (χ4v) is 2.82. The number of amides is 2. The van der Waals surface area contributed by atoms with Gasteiger partial charge in [-0.2, -0.15) is 0 Å². The highest BCUT2D eigenvalue weighted by Crippen LogP contribution is 2.13. The number of aliphatic hydroxyl groups is 1. The third kappa shape index (κ3) is 5.22. The molecule has 0 aliphatic carbocycles. The van der Waals surface area contributed by atoms with Crippen LogP contribution in [-0.2, 0) is 16.0 Å². The lowest BCUT2D eigenvalue weighted by molar-refractivity contribution is -0.144. The van der Waals surface area contributed by atoms with Gasteiger partial charge in [-0.05, 0) is 37.5 Å². The van der Waals surface area contributed by atoms with E-state index in [0.717, 1.165) is 17.9 Å². The Balaban J connectivity index is 1.71. The fourth-order valence-electron chi connectivity index (χ4n) is 2.69. The van der Waals surface area contributed by atoms with Gasteiger partial charge in [0.25, 0.3) is 5.91 Å². The lowest BCUT2D eigenvalue weighted by atomic mass is 10.1. The van der Waals surface area contributed by atoms with E-state index < -0.39 is 6.10 Å². The van der Waals surface area contributed by atoms with Crippen molar-refractivity contribution in [3.63, 3.8) is 0 Å². The Kier molecular flexibility index (Phi) is 6.42. The Hall–Kier alpha value is -1.59. The van der Waals surface area contributed by atoms with Crippen LogP contribution >= 0.6 is 11.6 Å². The Morgan fingerprint density at radius 2 is 1.70 bits per heavy atom.